The van der Waals surface area contributed by atoms with Crippen LogP contribution in [0.4, 0.5) is 0 Å². The first-order valence-electron chi connectivity index (χ1n) is 4.97. The van der Waals surface area contributed by atoms with Crippen LogP contribution in [0.25, 0.3) is 11.1 Å². The highest BCUT2D eigenvalue weighted by molar-refractivity contribution is 6.32. The van der Waals surface area contributed by atoms with E-state index < -0.39 is 5.91 Å². The molecule has 2 rings (SSSR count). The number of hydrogen-bond acceptors (Lipinski definition) is 3. The van der Waals surface area contributed by atoms with Crippen molar-refractivity contribution in [1.29, 1.82) is 0 Å². The van der Waals surface area contributed by atoms with Crippen molar-refractivity contribution in [1.82, 2.24) is 9.97 Å². The fourth-order valence-corrected chi connectivity index (χ4v) is 1.64. The van der Waals surface area contributed by atoms with Gasteiger partial charge in [0.2, 0.25) is 5.82 Å². The summed E-state index contributed by atoms with van der Waals surface area (Å²) in [5.41, 5.74) is 7.80. The molecule has 0 unspecified atom stereocenters. The van der Waals surface area contributed by atoms with E-state index in [0.29, 0.717) is 5.56 Å². The van der Waals surface area contributed by atoms with Crippen LogP contribution in [-0.2, 0) is 0 Å². The Morgan fingerprint density at radius 1 is 1.29 bits per heavy atom. The number of amides is 1. The molecule has 0 fully saturated rings. The maximum atomic E-state index is 10.9. The third-order valence-corrected chi connectivity index (χ3v) is 2.61. The third-order valence-electron chi connectivity index (χ3n) is 2.33. The van der Waals surface area contributed by atoms with Gasteiger partial charge in [0.15, 0.2) is 0 Å². The van der Waals surface area contributed by atoms with Gasteiger partial charge in [-0.05, 0) is 12.5 Å². The van der Waals surface area contributed by atoms with Crippen molar-refractivity contribution in [3.8, 4) is 11.1 Å². The van der Waals surface area contributed by atoms with Crippen molar-refractivity contribution in [3.63, 3.8) is 0 Å². The Bertz CT molecular complexity index is 566. The summed E-state index contributed by atoms with van der Waals surface area (Å²) in [5, 5.41) is 0.220. The third kappa shape index (κ3) is 2.42. The monoisotopic (exact) mass is 247 g/mol. The van der Waals surface area contributed by atoms with Gasteiger partial charge in [0, 0.05) is 11.8 Å². The number of carbonyl (C=O) groups excluding carboxylic acids is 1. The Hall–Kier alpha value is -1.94. The molecule has 17 heavy (non-hydrogen) atoms. The molecule has 1 aromatic heterocycles. The van der Waals surface area contributed by atoms with Crippen molar-refractivity contribution in [2.45, 2.75) is 6.92 Å². The molecule has 5 heteroatoms. The maximum Gasteiger partial charge on any atom is 0.286 e. The molecule has 0 aliphatic carbocycles. The molecule has 1 aromatic carbocycles. The first-order valence-corrected chi connectivity index (χ1v) is 5.35. The van der Waals surface area contributed by atoms with Crippen molar-refractivity contribution in [2.24, 2.45) is 5.73 Å². The van der Waals surface area contributed by atoms with Crippen molar-refractivity contribution < 1.29 is 4.79 Å². The minimum absolute atomic E-state index is 0.0779. The van der Waals surface area contributed by atoms with Crippen molar-refractivity contribution in [3.05, 3.63) is 47.0 Å². The number of hydrogen-bond donors (Lipinski definition) is 1. The highest BCUT2D eigenvalue weighted by Gasteiger charge is 2.10. The number of carbonyl (C=O) groups is 1. The summed E-state index contributed by atoms with van der Waals surface area (Å²) in [7, 11) is 0. The fourth-order valence-electron chi connectivity index (χ4n) is 1.41. The minimum Gasteiger partial charge on any atom is -0.363 e. The zero-order chi connectivity index (χ0) is 12.4. The number of rotatable bonds is 2. The summed E-state index contributed by atoms with van der Waals surface area (Å²) in [6.07, 6.45) is 1.50. The summed E-state index contributed by atoms with van der Waals surface area (Å²) < 4.78 is 0. The van der Waals surface area contributed by atoms with Crippen LogP contribution in [0.5, 0.6) is 0 Å². The van der Waals surface area contributed by atoms with E-state index in [-0.39, 0.29) is 11.0 Å². The van der Waals surface area contributed by atoms with E-state index in [0.717, 1.165) is 11.1 Å². The molecule has 86 valence electrons. The van der Waals surface area contributed by atoms with Gasteiger partial charge in [-0.3, -0.25) is 4.79 Å². The Morgan fingerprint density at radius 2 is 1.94 bits per heavy atom. The van der Waals surface area contributed by atoms with E-state index in [9.17, 15) is 4.79 Å². The Kier molecular flexibility index (Phi) is 3.06. The van der Waals surface area contributed by atoms with Gasteiger partial charge < -0.3 is 5.73 Å². The molecule has 4 nitrogen and oxygen atoms in total. The molecule has 1 amide bonds. The van der Waals surface area contributed by atoms with Gasteiger partial charge in [-0.15, -0.1) is 0 Å². The number of primary amides is 1. The van der Waals surface area contributed by atoms with Gasteiger partial charge in [0.1, 0.15) is 5.15 Å². The standard InChI is InChI=1S/C12H10ClN3O/c1-7-2-4-8(5-3-7)9-6-15-12(11(14)17)16-10(9)13/h2-6H,1H3,(H2,14,17). The molecule has 0 saturated carbocycles. The normalized spacial score (nSPS) is 10.2. The summed E-state index contributed by atoms with van der Waals surface area (Å²) >= 11 is 5.99. The SMILES string of the molecule is Cc1ccc(-c2cnc(C(N)=O)nc2Cl)cc1. The van der Waals surface area contributed by atoms with Crippen LogP contribution >= 0.6 is 11.6 Å². The smallest absolute Gasteiger partial charge is 0.286 e. The van der Waals surface area contributed by atoms with Crippen LogP contribution in [0.1, 0.15) is 16.2 Å². The summed E-state index contributed by atoms with van der Waals surface area (Å²) in [6, 6.07) is 7.77. The molecule has 0 radical (unpaired) electrons. The number of halogens is 1. The van der Waals surface area contributed by atoms with Crippen LogP contribution in [0.2, 0.25) is 5.15 Å². The number of aryl methyl sites for hydroxylation is 1. The molecular weight excluding hydrogens is 238 g/mol. The van der Waals surface area contributed by atoms with E-state index in [2.05, 4.69) is 9.97 Å². The average molecular weight is 248 g/mol. The van der Waals surface area contributed by atoms with Crippen LogP contribution in [0.15, 0.2) is 30.5 Å². The average Bonchev–Trinajstić information content (AvgIpc) is 2.30. The highest BCUT2D eigenvalue weighted by atomic mass is 35.5. The lowest BCUT2D eigenvalue weighted by molar-refractivity contribution is 0.0990. The Morgan fingerprint density at radius 3 is 2.47 bits per heavy atom. The molecule has 0 bridgehead atoms. The molecule has 0 spiro atoms. The molecule has 2 aromatic rings. The van der Waals surface area contributed by atoms with Gasteiger partial charge in [-0.1, -0.05) is 41.4 Å². The predicted octanol–water partition coefficient (Wildman–Crippen LogP) is 2.20. The second-order valence-corrected chi connectivity index (χ2v) is 3.99. The first-order chi connectivity index (χ1) is 8.08. The molecule has 1 heterocycles. The molecule has 2 N–H and O–H groups in total. The number of nitrogens with two attached hydrogens (primary N) is 1. The number of aromatic nitrogens is 2. The van der Waals surface area contributed by atoms with Gasteiger partial charge in [0.25, 0.3) is 5.91 Å². The number of benzene rings is 1. The van der Waals surface area contributed by atoms with Crippen molar-refractivity contribution in [2.75, 3.05) is 0 Å². The van der Waals surface area contributed by atoms with Gasteiger partial charge in [0.05, 0.1) is 0 Å². The molecule has 0 aliphatic heterocycles. The van der Waals surface area contributed by atoms with E-state index in [1.165, 1.54) is 6.20 Å². The Labute approximate surface area is 103 Å². The van der Waals surface area contributed by atoms with E-state index in [1.54, 1.807) is 0 Å². The van der Waals surface area contributed by atoms with E-state index in [4.69, 9.17) is 17.3 Å². The molecule has 0 atom stereocenters. The van der Waals surface area contributed by atoms with Crippen molar-refractivity contribution >= 4 is 17.5 Å². The lowest BCUT2D eigenvalue weighted by Crippen LogP contribution is -2.15. The highest BCUT2D eigenvalue weighted by Crippen LogP contribution is 2.25. The molecule has 0 saturated heterocycles. The largest absolute Gasteiger partial charge is 0.363 e. The second kappa shape index (κ2) is 4.51. The van der Waals surface area contributed by atoms with Crippen LogP contribution < -0.4 is 5.73 Å². The van der Waals surface area contributed by atoms with E-state index in [1.807, 2.05) is 31.2 Å². The fraction of sp³-hybridized carbons (Fsp3) is 0.0833. The predicted molar refractivity (Wildman–Crippen MR) is 65.7 cm³/mol. The lowest BCUT2D eigenvalue weighted by Gasteiger charge is -2.04. The summed E-state index contributed by atoms with van der Waals surface area (Å²) in [4.78, 5) is 18.6. The van der Waals surface area contributed by atoms with Crippen LogP contribution in [-0.4, -0.2) is 15.9 Å². The summed E-state index contributed by atoms with van der Waals surface area (Å²) in [6.45, 7) is 2.00. The first kappa shape index (κ1) is 11.5. The minimum atomic E-state index is -0.692. The van der Waals surface area contributed by atoms with E-state index >= 15 is 0 Å². The van der Waals surface area contributed by atoms with Gasteiger partial charge in [-0.2, -0.15) is 0 Å². The topological polar surface area (TPSA) is 68.9 Å². The number of nitrogens with zero attached hydrogens (tertiary/aromatic N) is 2. The Balaban J connectivity index is 2.46. The molecule has 0 aliphatic rings. The molecular formula is C12H10ClN3O. The van der Waals surface area contributed by atoms with Gasteiger partial charge in [-0.25, -0.2) is 9.97 Å². The zero-order valence-corrected chi connectivity index (χ0v) is 9.90. The second-order valence-electron chi connectivity index (χ2n) is 3.63. The zero-order valence-electron chi connectivity index (χ0n) is 9.14. The quantitative estimate of drug-likeness (QED) is 0.827. The summed E-state index contributed by atoms with van der Waals surface area (Å²) in [5.74, 6) is -0.770. The van der Waals surface area contributed by atoms with Crippen LogP contribution in [0, 0.1) is 6.92 Å². The maximum absolute atomic E-state index is 10.9. The van der Waals surface area contributed by atoms with Gasteiger partial charge >= 0.3 is 0 Å². The lowest BCUT2D eigenvalue weighted by atomic mass is 10.1. The van der Waals surface area contributed by atoms with Crippen LogP contribution in [0.3, 0.4) is 0 Å².